The van der Waals surface area contributed by atoms with Crippen molar-refractivity contribution < 1.29 is 14.3 Å². The zero-order valence-corrected chi connectivity index (χ0v) is 16.0. The van der Waals surface area contributed by atoms with Gasteiger partial charge in [-0.05, 0) is 30.3 Å². The number of para-hydroxylation sites is 2. The highest BCUT2D eigenvalue weighted by Gasteiger charge is 2.10. The van der Waals surface area contributed by atoms with Crippen molar-refractivity contribution >= 4 is 23.7 Å². The van der Waals surface area contributed by atoms with Gasteiger partial charge in [0.25, 0.3) is 5.91 Å². The zero-order chi connectivity index (χ0) is 19.8. The molecule has 0 aliphatic heterocycles. The van der Waals surface area contributed by atoms with Crippen LogP contribution in [0, 0.1) is 0 Å². The summed E-state index contributed by atoms with van der Waals surface area (Å²) in [6.07, 6.45) is 1.54. The second-order valence-corrected chi connectivity index (χ2v) is 6.22. The molecule has 0 saturated carbocycles. The fraction of sp³-hybridized carbons (Fsp3) is 0.0909. The van der Waals surface area contributed by atoms with E-state index in [4.69, 9.17) is 21.1 Å². The predicted molar refractivity (Wildman–Crippen MR) is 110 cm³/mol. The third kappa shape index (κ3) is 4.90. The van der Waals surface area contributed by atoms with E-state index < -0.39 is 0 Å². The number of nitrogens with one attached hydrogen (secondary N) is 1. The predicted octanol–water partition coefficient (Wildman–Crippen LogP) is 4.69. The van der Waals surface area contributed by atoms with Crippen molar-refractivity contribution in [3.8, 4) is 11.5 Å². The molecule has 6 heteroatoms. The summed E-state index contributed by atoms with van der Waals surface area (Å²) in [6, 6.07) is 21.9. The number of amides is 1. The molecule has 0 heterocycles. The summed E-state index contributed by atoms with van der Waals surface area (Å²) >= 11 is 6.17. The average molecular weight is 395 g/mol. The lowest BCUT2D eigenvalue weighted by Crippen LogP contribution is -2.18. The summed E-state index contributed by atoms with van der Waals surface area (Å²) in [7, 11) is 1.52. The van der Waals surface area contributed by atoms with Gasteiger partial charge < -0.3 is 9.47 Å². The summed E-state index contributed by atoms with van der Waals surface area (Å²) in [6.45, 7) is 0.331. The first kappa shape index (κ1) is 19.5. The Morgan fingerprint density at radius 1 is 1.00 bits per heavy atom. The van der Waals surface area contributed by atoms with Crippen molar-refractivity contribution in [2.24, 2.45) is 5.10 Å². The summed E-state index contributed by atoms with van der Waals surface area (Å²) in [5.41, 5.74) is 4.53. The molecule has 3 aromatic carbocycles. The summed E-state index contributed by atoms with van der Waals surface area (Å²) in [5, 5.41) is 4.69. The second-order valence-electron chi connectivity index (χ2n) is 5.82. The number of rotatable bonds is 7. The maximum absolute atomic E-state index is 12.3. The van der Waals surface area contributed by atoms with Crippen LogP contribution in [0.1, 0.15) is 21.5 Å². The van der Waals surface area contributed by atoms with E-state index in [0.29, 0.717) is 28.7 Å². The van der Waals surface area contributed by atoms with E-state index in [1.807, 2.05) is 48.5 Å². The average Bonchev–Trinajstić information content (AvgIpc) is 2.74. The Bertz CT molecular complexity index is 989. The van der Waals surface area contributed by atoms with Gasteiger partial charge >= 0.3 is 0 Å². The second kappa shape index (κ2) is 9.58. The maximum Gasteiger partial charge on any atom is 0.275 e. The van der Waals surface area contributed by atoms with E-state index in [1.54, 1.807) is 24.3 Å². The van der Waals surface area contributed by atoms with E-state index in [1.165, 1.54) is 13.3 Å². The Kier molecular flexibility index (Phi) is 6.65. The van der Waals surface area contributed by atoms with E-state index in [0.717, 1.165) is 11.1 Å². The monoisotopic (exact) mass is 394 g/mol. The molecule has 5 nitrogen and oxygen atoms in total. The molecule has 0 aromatic heterocycles. The number of nitrogens with zero attached hydrogens (tertiary/aromatic N) is 1. The molecule has 28 heavy (non-hydrogen) atoms. The molecule has 0 spiro atoms. The SMILES string of the molecule is COc1ccccc1C(=O)N/N=C\c1ccccc1OCc1ccccc1Cl. The molecular weight excluding hydrogens is 376 g/mol. The highest BCUT2D eigenvalue weighted by atomic mass is 35.5. The fourth-order valence-corrected chi connectivity index (χ4v) is 2.73. The van der Waals surface area contributed by atoms with Crippen LogP contribution in [0.25, 0.3) is 0 Å². The number of methoxy groups -OCH3 is 1. The number of halogens is 1. The van der Waals surface area contributed by atoms with Crippen LogP contribution in [0.15, 0.2) is 77.9 Å². The van der Waals surface area contributed by atoms with Crippen LogP contribution < -0.4 is 14.9 Å². The van der Waals surface area contributed by atoms with E-state index in [9.17, 15) is 4.79 Å². The van der Waals surface area contributed by atoms with Crippen LogP contribution in [-0.4, -0.2) is 19.2 Å². The molecule has 0 fully saturated rings. The lowest BCUT2D eigenvalue weighted by atomic mass is 10.2. The molecule has 0 aliphatic carbocycles. The van der Waals surface area contributed by atoms with Crippen molar-refractivity contribution in [1.82, 2.24) is 5.43 Å². The van der Waals surface area contributed by atoms with Crippen molar-refractivity contribution in [2.45, 2.75) is 6.61 Å². The minimum atomic E-state index is -0.358. The molecule has 3 aromatic rings. The Balaban J connectivity index is 1.67. The number of benzene rings is 3. The number of hydrazone groups is 1. The highest BCUT2D eigenvalue weighted by Crippen LogP contribution is 2.21. The van der Waals surface area contributed by atoms with Gasteiger partial charge in [-0.2, -0.15) is 5.10 Å². The highest BCUT2D eigenvalue weighted by molar-refractivity contribution is 6.31. The van der Waals surface area contributed by atoms with Crippen LogP contribution in [0.3, 0.4) is 0 Å². The van der Waals surface area contributed by atoms with Crippen molar-refractivity contribution in [3.05, 3.63) is 94.5 Å². The third-order valence-electron chi connectivity index (χ3n) is 3.98. The van der Waals surface area contributed by atoms with E-state index in [-0.39, 0.29) is 5.91 Å². The van der Waals surface area contributed by atoms with Gasteiger partial charge in [-0.15, -0.1) is 0 Å². The molecule has 0 bridgehead atoms. The third-order valence-corrected chi connectivity index (χ3v) is 4.35. The molecule has 0 aliphatic rings. The number of ether oxygens (including phenoxy) is 2. The van der Waals surface area contributed by atoms with Crippen LogP contribution in [0.5, 0.6) is 11.5 Å². The number of carbonyl (C=O) groups excluding carboxylic acids is 1. The smallest absolute Gasteiger partial charge is 0.275 e. The first-order valence-electron chi connectivity index (χ1n) is 8.60. The van der Waals surface area contributed by atoms with Gasteiger partial charge in [0, 0.05) is 16.1 Å². The number of carbonyl (C=O) groups is 1. The summed E-state index contributed by atoms with van der Waals surface area (Å²) in [5.74, 6) is 0.763. The van der Waals surface area contributed by atoms with Gasteiger partial charge in [-0.3, -0.25) is 4.79 Å². The zero-order valence-electron chi connectivity index (χ0n) is 15.3. The fourth-order valence-electron chi connectivity index (χ4n) is 2.54. The van der Waals surface area contributed by atoms with Gasteiger partial charge in [0.05, 0.1) is 18.9 Å². The lowest BCUT2D eigenvalue weighted by molar-refractivity contribution is 0.0952. The van der Waals surface area contributed by atoms with Gasteiger partial charge in [-0.25, -0.2) is 5.43 Å². The summed E-state index contributed by atoms with van der Waals surface area (Å²) in [4.78, 5) is 12.3. The van der Waals surface area contributed by atoms with Crippen LogP contribution in [0.4, 0.5) is 0 Å². The molecule has 1 amide bonds. The van der Waals surface area contributed by atoms with Gasteiger partial charge in [0.1, 0.15) is 18.1 Å². The summed E-state index contributed by atoms with van der Waals surface area (Å²) < 4.78 is 11.1. The Labute approximate surface area is 168 Å². The molecule has 3 rings (SSSR count). The molecule has 142 valence electrons. The van der Waals surface area contributed by atoms with Gasteiger partial charge in [0.15, 0.2) is 0 Å². The number of hydrogen-bond donors (Lipinski definition) is 1. The maximum atomic E-state index is 12.3. The van der Waals surface area contributed by atoms with Gasteiger partial charge in [0.2, 0.25) is 0 Å². The van der Waals surface area contributed by atoms with E-state index in [2.05, 4.69) is 10.5 Å². The Morgan fingerprint density at radius 3 is 2.46 bits per heavy atom. The minimum Gasteiger partial charge on any atom is -0.496 e. The minimum absolute atomic E-state index is 0.331. The molecule has 1 N–H and O–H groups in total. The van der Waals surface area contributed by atoms with E-state index >= 15 is 0 Å². The van der Waals surface area contributed by atoms with Crippen molar-refractivity contribution in [3.63, 3.8) is 0 Å². The lowest BCUT2D eigenvalue weighted by Gasteiger charge is -2.10. The molecule has 0 saturated heterocycles. The number of hydrogen-bond acceptors (Lipinski definition) is 4. The first-order chi connectivity index (χ1) is 13.7. The molecule has 0 radical (unpaired) electrons. The van der Waals surface area contributed by atoms with Crippen LogP contribution in [0.2, 0.25) is 5.02 Å². The normalized spacial score (nSPS) is 10.6. The van der Waals surface area contributed by atoms with Crippen molar-refractivity contribution in [2.75, 3.05) is 7.11 Å². The molecule has 0 unspecified atom stereocenters. The standard InChI is InChI=1S/C22H19ClN2O3/c1-27-21-13-7-4-10-18(21)22(26)25-24-14-16-8-3-6-12-20(16)28-15-17-9-2-5-11-19(17)23/h2-14H,15H2,1H3,(H,25,26)/b24-14-. The molecule has 0 atom stereocenters. The van der Waals surface area contributed by atoms with Crippen LogP contribution in [-0.2, 0) is 6.61 Å². The van der Waals surface area contributed by atoms with Crippen LogP contribution >= 0.6 is 11.6 Å². The topological polar surface area (TPSA) is 59.9 Å². The first-order valence-corrected chi connectivity index (χ1v) is 8.98. The molecular formula is C22H19ClN2O3. The Hall–Kier alpha value is -3.31. The largest absolute Gasteiger partial charge is 0.496 e. The van der Waals surface area contributed by atoms with Crippen molar-refractivity contribution in [1.29, 1.82) is 0 Å². The van der Waals surface area contributed by atoms with Gasteiger partial charge in [-0.1, -0.05) is 54.1 Å². The Morgan fingerprint density at radius 2 is 1.68 bits per heavy atom. The quantitative estimate of drug-likeness (QED) is 0.467.